The molecule has 0 saturated heterocycles. The second kappa shape index (κ2) is 6.58. The van der Waals surface area contributed by atoms with Crippen molar-refractivity contribution in [2.75, 3.05) is 31.6 Å². The average Bonchev–Trinajstić information content (AvgIpc) is 2.33. The topological polar surface area (TPSA) is 28.2 Å². The Balaban J connectivity index is 2.90. The number of aromatic nitrogens is 1. The molecule has 0 unspecified atom stereocenters. The molecule has 0 fully saturated rings. The van der Waals surface area contributed by atoms with Crippen LogP contribution in [0.5, 0.6) is 0 Å². The molecule has 0 aliphatic heterocycles. The molecule has 18 heavy (non-hydrogen) atoms. The van der Waals surface area contributed by atoms with Crippen molar-refractivity contribution in [3.05, 3.63) is 23.9 Å². The molecule has 0 aliphatic rings. The van der Waals surface area contributed by atoms with Crippen molar-refractivity contribution in [3.63, 3.8) is 0 Å². The first kappa shape index (κ1) is 14.8. The van der Waals surface area contributed by atoms with E-state index in [1.165, 1.54) is 6.20 Å². The fourth-order valence-corrected chi connectivity index (χ4v) is 1.63. The van der Waals surface area contributed by atoms with Crippen molar-refractivity contribution >= 4 is 5.82 Å². The van der Waals surface area contributed by atoms with E-state index in [0.717, 1.165) is 18.6 Å². The van der Waals surface area contributed by atoms with Gasteiger partial charge >= 0.3 is 6.18 Å². The molecule has 0 radical (unpaired) electrons. The summed E-state index contributed by atoms with van der Waals surface area (Å²) in [6.07, 6.45) is -2.25. The number of halogens is 3. The van der Waals surface area contributed by atoms with Crippen LogP contribution in [0.4, 0.5) is 19.0 Å². The van der Waals surface area contributed by atoms with Crippen LogP contribution in [0.2, 0.25) is 0 Å². The van der Waals surface area contributed by atoms with Gasteiger partial charge in [0, 0.05) is 25.8 Å². The lowest BCUT2D eigenvalue weighted by Gasteiger charge is -2.23. The molecule has 1 aromatic heterocycles. The minimum Gasteiger partial charge on any atom is -0.355 e. The maximum Gasteiger partial charge on any atom is 0.416 e. The van der Waals surface area contributed by atoms with Gasteiger partial charge in [0.05, 0.1) is 5.56 Å². The highest BCUT2D eigenvalue weighted by molar-refractivity contribution is 5.41. The zero-order valence-corrected chi connectivity index (χ0v) is 10.6. The van der Waals surface area contributed by atoms with Crippen molar-refractivity contribution in [3.8, 4) is 0 Å². The Morgan fingerprint density at radius 2 is 2.06 bits per heavy atom. The van der Waals surface area contributed by atoms with Crippen molar-refractivity contribution in [1.29, 1.82) is 0 Å². The molecule has 1 N–H and O–H groups in total. The lowest BCUT2D eigenvalue weighted by molar-refractivity contribution is -0.137. The summed E-state index contributed by atoms with van der Waals surface area (Å²) in [5, 5.41) is 2.98. The number of hydrogen-bond acceptors (Lipinski definition) is 3. The number of nitrogens with zero attached hydrogens (tertiary/aromatic N) is 2. The lowest BCUT2D eigenvalue weighted by atomic mass is 10.2. The smallest absolute Gasteiger partial charge is 0.355 e. The number of pyridine rings is 1. The molecule has 0 spiro atoms. The third kappa shape index (κ3) is 4.18. The zero-order valence-electron chi connectivity index (χ0n) is 10.6. The Labute approximate surface area is 105 Å². The molecule has 1 aromatic rings. The highest BCUT2D eigenvalue weighted by Crippen LogP contribution is 2.30. The second-order valence-corrected chi connectivity index (χ2v) is 3.99. The molecule has 0 saturated carbocycles. The summed E-state index contributed by atoms with van der Waals surface area (Å²) in [7, 11) is 1.81. The number of anilines is 1. The van der Waals surface area contributed by atoms with Gasteiger partial charge in [-0.2, -0.15) is 13.2 Å². The van der Waals surface area contributed by atoms with E-state index < -0.39 is 11.7 Å². The van der Waals surface area contributed by atoms with E-state index in [1.807, 2.05) is 18.9 Å². The van der Waals surface area contributed by atoms with Crippen molar-refractivity contribution in [1.82, 2.24) is 10.3 Å². The first-order valence-electron chi connectivity index (χ1n) is 5.91. The molecule has 6 heteroatoms. The Kier molecular flexibility index (Phi) is 5.40. The maximum atomic E-state index is 12.6. The molecule has 0 aromatic carbocycles. The molecular formula is C12H18F3N3. The minimum atomic E-state index is -4.32. The first-order valence-corrected chi connectivity index (χ1v) is 5.91. The largest absolute Gasteiger partial charge is 0.416 e. The van der Waals surface area contributed by atoms with Gasteiger partial charge in [-0.1, -0.05) is 6.92 Å². The Morgan fingerprint density at radius 3 is 2.61 bits per heavy atom. The average molecular weight is 261 g/mol. The van der Waals surface area contributed by atoms with Crippen molar-refractivity contribution in [2.45, 2.75) is 19.5 Å². The van der Waals surface area contributed by atoms with E-state index in [-0.39, 0.29) is 0 Å². The van der Waals surface area contributed by atoms with Crippen LogP contribution in [0.1, 0.15) is 18.9 Å². The molecule has 3 nitrogen and oxygen atoms in total. The molecule has 1 rings (SSSR count). The van der Waals surface area contributed by atoms with Crippen LogP contribution >= 0.6 is 0 Å². The van der Waals surface area contributed by atoms with Gasteiger partial charge in [-0.25, -0.2) is 4.98 Å². The summed E-state index contributed by atoms with van der Waals surface area (Å²) in [5.74, 6) is 0.377. The normalized spacial score (nSPS) is 11.6. The SMILES string of the molecule is CCCN(CCNC)c1cc(C(F)(F)F)ccn1. The molecule has 102 valence electrons. The Hall–Kier alpha value is -1.30. The number of nitrogens with one attached hydrogen (secondary N) is 1. The van der Waals surface area contributed by atoms with Crippen LogP contribution in [0.3, 0.4) is 0 Å². The van der Waals surface area contributed by atoms with E-state index in [0.29, 0.717) is 25.5 Å². The number of hydrogen-bond donors (Lipinski definition) is 1. The van der Waals surface area contributed by atoms with E-state index in [4.69, 9.17) is 0 Å². The number of rotatable bonds is 6. The van der Waals surface area contributed by atoms with Gasteiger partial charge in [-0.3, -0.25) is 0 Å². The monoisotopic (exact) mass is 261 g/mol. The van der Waals surface area contributed by atoms with Gasteiger partial charge in [0.25, 0.3) is 0 Å². The van der Waals surface area contributed by atoms with Crippen molar-refractivity contribution < 1.29 is 13.2 Å². The summed E-state index contributed by atoms with van der Waals surface area (Å²) in [5.41, 5.74) is -0.655. The van der Waals surface area contributed by atoms with Gasteiger partial charge in [0.15, 0.2) is 0 Å². The van der Waals surface area contributed by atoms with Gasteiger partial charge in [-0.05, 0) is 25.6 Å². The standard InChI is InChI=1S/C12H18F3N3/c1-3-7-18(8-6-16-2)11-9-10(4-5-17-11)12(13,14)15/h4-5,9,16H,3,6-8H2,1-2H3. The molecule has 1 heterocycles. The fourth-order valence-electron chi connectivity index (χ4n) is 1.63. The van der Waals surface area contributed by atoms with Gasteiger partial charge in [0.1, 0.15) is 5.82 Å². The zero-order chi connectivity index (χ0) is 13.6. The fraction of sp³-hybridized carbons (Fsp3) is 0.583. The summed E-state index contributed by atoms with van der Waals surface area (Å²) in [4.78, 5) is 5.88. The molecule has 0 aliphatic carbocycles. The van der Waals surface area contributed by atoms with Crippen LogP contribution in [-0.4, -0.2) is 31.7 Å². The van der Waals surface area contributed by atoms with Crippen LogP contribution in [-0.2, 0) is 6.18 Å². The summed E-state index contributed by atoms with van der Waals surface area (Å²) < 4.78 is 37.8. The molecular weight excluding hydrogens is 243 g/mol. The summed E-state index contributed by atoms with van der Waals surface area (Å²) in [6.45, 7) is 4.02. The Bertz CT molecular complexity index is 366. The van der Waals surface area contributed by atoms with Crippen molar-refractivity contribution in [2.24, 2.45) is 0 Å². The predicted molar refractivity (Wildman–Crippen MR) is 65.7 cm³/mol. The first-order chi connectivity index (χ1) is 8.49. The van der Waals surface area contributed by atoms with Gasteiger partial charge in [0.2, 0.25) is 0 Å². The maximum absolute atomic E-state index is 12.6. The predicted octanol–water partition coefficient (Wildman–Crippen LogP) is 2.54. The van der Waals surface area contributed by atoms with Crippen LogP contribution < -0.4 is 10.2 Å². The number of likely N-dealkylation sites (N-methyl/N-ethyl adjacent to an activating group) is 1. The van der Waals surface area contributed by atoms with Gasteiger partial charge in [-0.15, -0.1) is 0 Å². The minimum absolute atomic E-state index is 0.377. The molecule has 0 bridgehead atoms. The Morgan fingerprint density at radius 1 is 1.33 bits per heavy atom. The van der Waals surface area contributed by atoms with E-state index in [9.17, 15) is 13.2 Å². The molecule has 0 atom stereocenters. The van der Waals surface area contributed by atoms with Gasteiger partial charge < -0.3 is 10.2 Å². The quantitative estimate of drug-likeness (QED) is 0.853. The lowest BCUT2D eigenvalue weighted by Crippen LogP contribution is -2.32. The highest BCUT2D eigenvalue weighted by atomic mass is 19.4. The van der Waals surface area contributed by atoms with E-state index in [1.54, 1.807) is 0 Å². The van der Waals surface area contributed by atoms with E-state index in [2.05, 4.69) is 10.3 Å². The van der Waals surface area contributed by atoms with E-state index >= 15 is 0 Å². The summed E-state index contributed by atoms with van der Waals surface area (Å²) in [6, 6.07) is 2.09. The molecule has 0 amide bonds. The summed E-state index contributed by atoms with van der Waals surface area (Å²) >= 11 is 0. The second-order valence-electron chi connectivity index (χ2n) is 3.99. The third-order valence-electron chi connectivity index (χ3n) is 2.52. The third-order valence-corrected chi connectivity index (χ3v) is 2.52. The van der Waals surface area contributed by atoms with Crippen LogP contribution in [0, 0.1) is 0 Å². The highest BCUT2D eigenvalue weighted by Gasteiger charge is 2.31. The van der Waals surface area contributed by atoms with Crippen LogP contribution in [0.25, 0.3) is 0 Å². The van der Waals surface area contributed by atoms with Crippen LogP contribution in [0.15, 0.2) is 18.3 Å². The number of alkyl halides is 3.